The van der Waals surface area contributed by atoms with Gasteiger partial charge in [-0.3, -0.25) is 4.79 Å². The number of carbonyl (C=O) groups excluding carboxylic acids is 1. The maximum atomic E-state index is 12.8. The van der Waals surface area contributed by atoms with Gasteiger partial charge in [-0.2, -0.15) is 4.31 Å². The molecule has 2 rings (SSSR count). The number of piperidine rings is 1. The normalized spacial score (nSPS) is 18.1. The molecular formula is C13H17FN2O3S. The molecule has 20 heavy (non-hydrogen) atoms. The zero-order valence-corrected chi connectivity index (χ0v) is 11.8. The van der Waals surface area contributed by atoms with Crippen LogP contribution in [0.5, 0.6) is 0 Å². The topological polar surface area (TPSA) is 80.5 Å². The Morgan fingerprint density at radius 3 is 2.30 bits per heavy atom. The molecule has 0 aliphatic carbocycles. The van der Waals surface area contributed by atoms with Gasteiger partial charge in [-0.1, -0.05) is 0 Å². The highest BCUT2D eigenvalue weighted by Gasteiger charge is 2.29. The Balaban J connectivity index is 2.05. The van der Waals surface area contributed by atoms with Gasteiger partial charge < -0.3 is 5.73 Å². The SMILES string of the molecule is NC(=O)CC1CCN(S(=O)(=O)c2ccc(F)cc2)CC1. The Hall–Kier alpha value is -1.47. The first-order valence-electron chi connectivity index (χ1n) is 6.43. The summed E-state index contributed by atoms with van der Waals surface area (Å²) in [5.74, 6) is -0.680. The van der Waals surface area contributed by atoms with E-state index in [1.165, 1.54) is 16.4 Å². The van der Waals surface area contributed by atoms with Crippen molar-refractivity contribution >= 4 is 15.9 Å². The molecule has 1 heterocycles. The fourth-order valence-corrected chi connectivity index (χ4v) is 3.86. The molecule has 0 spiro atoms. The number of nitrogens with two attached hydrogens (primary N) is 1. The molecule has 1 saturated heterocycles. The maximum absolute atomic E-state index is 12.8. The summed E-state index contributed by atoms with van der Waals surface area (Å²) in [5.41, 5.74) is 5.14. The van der Waals surface area contributed by atoms with Crippen molar-refractivity contribution in [3.63, 3.8) is 0 Å². The highest BCUT2D eigenvalue weighted by atomic mass is 32.2. The number of hydrogen-bond donors (Lipinski definition) is 1. The van der Waals surface area contributed by atoms with Gasteiger partial charge in [0.05, 0.1) is 4.90 Å². The fourth-order valence-electron chi connectivity index (χ4n) is 2.39. The van der Waals surface area contributed by atoms with Gasteiger partial charge in [-0.05, 0) is 43.0 Å². The summed E-state index contributed by atoms with van der Waals surface area (Å²) in [5, 5.41) is 0. The van der Waals surface area contributed by atoms with E-state index in [0.717, 1.165) is 12.1 Å². The molecule has 0 atom stereocenters. The minimum atomic E-state index is -3.58. The van der Waals surface area contributed by atoms with E-state index in [2.05, 4.69) is 0 Å². The predicted molar refractivity (Wildman–Crippen MR) is 71.7 cm³/mol. The second-order valence-electron chi connectivity index (χ2n) is 4.97. The molecule has 7 heteroatoms. The van der Waals surface area contributed by atoms with Gasteiger partial charge in [0, 0.05) is 19.5 Å². The monoisotopic (exact) mass is 300 g/mol. The zero-order chi connectivity index (χ0) is 14.8. The quantitative estimate of drug-likeness (QED) is 0.904. The standard InChI is InChI=1S/C13H17FN2O3S/c14-11-1-3-12(4-2-11)20(18,19)16-7-5-10(6-8-16)9-13(15)17/h1-4,10H,5-9H2,(H2,15,17). The number of nitrogens with zero attached hydrogens (tertiary/aromatic N) is 1. The first-order chi connectivity index (χ1) is 9.39. The van der Waals surface area contributed by atoms with Crippen molar-refractivity contribution < 1.29 is 17.6 Å². The molecule has 0 saturated carbocycles. The number of primary amides is 1. The number of sulfonamides is 1. The van der Waals surface area contributed by atoms with Gasteiger partial charge in [0.2, 0.25) is 15.9 Å². The van der Waals surface area contributed by atoms with Crippen LogP contribution in [0.15, 0.2) is 29.2 Å². The number of carbonyl (C=O) groups is 1. The highest BCUT2D eigenvalue weighted by Crippen LogP contribution is 2.25. The Bertz CT molecular complexity index is 578. The molecule has 1 amide bonds. The van der Waals surface area contributed by atoms with E-state index in [0.29, 0.717) is 32.4 Å². The van der Waals surface area contributed by atoms with E-state index < -0.39 is 15.8 Å². The molecule has 0 aromatic heterocycles. The van der Waals surface area contributed by atoms with Crippen molar-refractivity contribution in [1.82, 2.24) is 4.31 Å². The van der Waals surface area contributed by atoms with E-state index in [4.69, 9.17) is 5.73 Å². The number of amides is 1. The van der Waals surface area contributed by atoms with E-state index >= 15 is 0 Å². The van der Waals surface area contributed by atoms with Crippen LogP contribution < -0.4 is 5.73 Å². The van der Waals surface area contributed by atoms with Crippen molar-refractivity contribution in [2.45, 2.75) is 24.2 Å². The average molecular weight is 300 g/mol. The lowest BCUT2D eigenvalue weighted by atomic mass is 9.94. The number of halogens is 1. The highest BCUT2D eigenvalue weighted by molar-refractivity contribution is 7.89. The lowest BCUT2D eigenvalue weighted by molar-refractivity contribution is -0.119. The van der Waals surface area contributed by atoms with E-state index in [9.17, 15) is 17.6 Å². The second-order valence-corrected chi connectivity index (χ2v) is 6.91. The molecule has 1 aliphatic heterocycles. The van der Waals surface area contributed by atoms with Gasteiger partial charge >= 0.3 is 0 Å². The Morgan fingerprint density at radius 2 is 1.80 bits per heavy atom. The molecule has 2 N–H and O–H groups in total. The van der Waals surface area contributed by atoms with Crippen molar-refractivity contribution in [1.29, 1.82) is 0 Å². The Kier molecular flexibility index (Phi) is 4.39. The predicted octanol–water partition coefficient (Wildman–Crippen LogP) is 1.10. The third-order valence-corrected chi connectivity index (χ3v) is 5.43. The van der Waals surface area contributed by atoms with Crippen LogP contribution in [0.25, 0.3) is 0 Å². The molecule has 0 radical (unpaired) electrons. The smallest absolute Gasteiger partial charge is 0.243 e. The number of hydrogen-bond acceptors (Lipinski definition) is 3. The zero-order valence-electron chi connectivity index (χ0n) is 11.0. The van der Waals surface area contributed by atoms with Crippen LogP contribution in [0, 0.1) is 11.7 Å². The average Bonchev–Trinajstić information content (AvgIpc) is 2.39. The van der Waals surface area contributed by atoms with Gasteiger partial charge in [0.15, 0.2) is 0 Å². The molecule has 0 unspecified atom stereocenters. The molecule has 1 aromatic carbocycles. The van der Waals surface area contributed by atoms with Crippen LogP contribution >= 0.6 is 0 Å². The van der Waals surface area contributed by atoms with Gasteiger partial charge in [-0.15, -0.1) is 0 Å². The lowest BCUT2D eigenvalue weighted by Gasteiger charge is -2.30. The molecule has 110 valence electrons. The molecule has 1 fully saturated rings. The summed E-state index contributed by atoms with van der Waals surface area (Å²) in [6.07, 6.45) is 1.52. The van der Waals surface area contributed by atoms with Crippen LogP contribution in [0.4, 0.5) is 4.39 Å². The van der Waals surface area contributed by atoms with Crippen molar-refractivity contribution in [3.8, 4) is 0 Å². The number of benzene rings is 1. The van der Waals surface area contributed by atoms with E-state index in [1.54, 1.807) is 0 Å². The molecular weight excluding hydrogens is 283 g/mol. The summed E-state index contributed by atoms with van der Waals surface area (Å²) in [4.78, 5) is 10.9. The molecule has 1 aliphatic rings. The third kappa shape index (κ3) is 3.34. The first kappa shape index (κ1) is 14.9. The number of rotatable bonds is 4. The summed E-state index contributed by atoms with van der Waals surface area (Å²) in [6.45, 7) is 0.718. The summed E-state index contributed by atoms with van der Waals surface area (Å²) >= 11 is 0. The summed E-state index contributed by atoms with van der Waals surface area (Å²) in [7, 11) is -3.58. The largest absolute Gasteiger partial charge is 0.370 e. The summed E-state index contributed by atoms with van der Waals surface area (Å²) < 4.78 is 38.9. The molecule has 0 bridgehead atoms. The van der Waals surface area contributed by atoms with Gasteiger partial charge in [0.1, 0.15) is 5.82 Å². The van der Waals surface area contributed by atoms with Crippen LogP contribution in [0.3, 0.4) is 0 Å². The minimum absolute atomic E-state index is 0.0900. The van der Waals surface area contributed by atoms with Gasteiger partial charge in [-0.25, -0.2) is 12.8 Å². The van der Waals surface area contributed by atoms with Crippen LogP contribution in [0.2, 0.25) is 0 Å². The minimum Gasteiger partial charge on any atom is -0.370 e. The van der Waals surface area contributed by atoms with E-state index in [-0.39, 0.29) is 16.7 Å². The Labute approximate surface area is 117 Å². The van der Waals surface area contributed by atoms with Gasteiger partial charge in [0.25, 0.3) is 0 Å². The molecule has 5 nitrogen and oxygen atoms in total. The van der Waals surface area contributed by atoms with Crippen molar-refractivity contribution in [2.24, 2.45) is 11.7 Å². The maximum Gasteiger partial charge on any atom is 0.243 e. The molecule has 1 aromatic rings. The summed E-state index contributed by atoms with van der Waals surface area (Å²) in [6, 6.07) is 4.79. The second kappa shape index (κ2) is 5.88. The Morgan fingerprint density at radius 1 is 1.25 bits per heavy atom. The fraction of sp³-hybridized carbons (Fsp3) is 0.462. The van der Waals surface area contributed by atoms with Crippen molar-refractivity contribution in [3.05, 3.63) is 30.1 Å². The van der Waals surface area contributed by atoms with Crippen LogP contribution in [-0.4, -0.2) is 31.7 Å². The van der Waals surface area contributed by atoms with Crippen LogP contribution in [0.1, 0.15) is 19.3 Å². The van der Waals surface area contributed by atoms with E-state index in [1.807, 2.05) is 0 Å². The van der Waals surface area contributed by atoms with Crippen LogP contribution in [-0.2, 0) is 14.8 Å². The lowest BCUT2D eigenvalue weighted by Crippen LogP contribution is -2.39. The third-order valence-electron chi connectivity index (χ3n) is 3.51. The first-order valence-corrected chi connectivity index (χ1v) is 7.87. The van der Waals surface area contributed by atoms with Crippen molar-refractivity contribution in [2.75, 3.05) is 13.1 Å².